The van der Waals surface area contributed by atoms with E-state index in [0.29, 0.717) is 0 Å². The second-order valence-electron chi connectivity index (χ2n) is 6.24. The van der Waals surface area contributed by atoms with Gasteiger partial charge in [-0.1, -0.05) is 49.7 Å². The molecule has 0 aliphatic rings. The number of benzene rings is 2. The lowest BCUT2D eigenvalue weighted by Gasteiger charge is -2.22. The molecule has 1 heterocycles. The van der Waals surface area contributed by atoms with Crippen LogP contribution in [0.25, 0.3) is 0 Å². The van der Waals surface area contributed by atoms with Crippen LogP contribution in [0.15, 0.2) is 60.8 Å². The van der Waals surface area contributed by atoms with Crippen molar-refractivity contribution in [2.75, 3.05) is 11.9 Å². The highest BCUT2D eigenvalue weighted by atomic mass is 19.4. The first-order valence-corrected chi connectivity index (χ1v) is 8.89. The summed E-state index contributed by atoms with van der Waals surface area (Å²) < 4.78 is 45.6. The Morgan fingerprint density at radius 2 is 1.68 bits per heavy atom. The first kappa shape index (κ1) is 19.7. The Balaban J connectivity index is 2.02. The average molecular weight is 387 g/mol. The molecule has 0 aliphatic carbocycles. The monoisotopic (exact) mass is 387 g/mol. The number of anilines is 2. The predicted octanol–water partition coefficient (Wildman–Crippen LogP) is 6.01. The normalized spacial score (nSPS) is 11.3. The van der Waals surface area contributed by atoms with E-state index in [1.54, 1.807) is 42.3 Å². The van der Waals surface area contributed by atoms with Crippen LogP contribution in [0.4, 0.5) is 24.8 Å². The second-order valence-corrected chi connectivity index (χ2v) is 6.24. The summed E-state index contributed by atoms with van der Waals surface area (Å²) in [6.07, 6.45) is -2.07. The van der Waals surface area contributed by atoms with Crippen molar-refractivity contribution in [2.45, 2.75) is 25.9 Å². The number of hydrogen-bond acceptors (Lipinski definition) is 4. The number of alkyl halides is 3. The minimum Gasteiger partial charge on any atom is -0.438 e. The number of aromatic nitrogens is 2. The molecule has 0 saturated heterocycles. The molecule has 3 rings (SSSR count). The lowest BCUT2D eigenvalue weighted by molar-refractivity contribution is -0.139. The Kier molecular flexibility index (Phi) is 5.82. The van der Waals surface area contributed by atoms with E-state index in [4.69, 9.17) is 4.74 Å². The molecule has 0 radical (unpaired) electrons. The summed E-state index contributed by atoms with van der Waals surface area (Å²) in [6, 6.07) is 15.9. The summed E-state index contributed by atoms with van der Waals surface area (Å²) in [5.74, 6) is -0.127. The van der Waals surface area contributed by atoms with Gasteiger partial charge in [0, 0.05) is 18.9 Å². The SMILES string of the molecule is CCCc1ccccc1N(C)c1ncc(C(F)(F)F)c(Oc2ccccc2)n1. The van der Waals surface area contributed by atoms with Gasteiger partial charge in [-0.25, -0.2) is 4.98 Å². The zero-order valence-electron chi connectivity index (χ0n) is 15.6. The third-order valence-electron chi connectivity index (χ3n) is 4.18. The van der Waals surface area contributed by atoms with E-state index in [1.165, 1.54) is 0 Å². The summed E-state index contributed by atoms with van der Waals surface area (Å²) in [6.45, 7) is 2.07. The quantitative estimate of drug-likeness (QED) is 0.519. The van der Waals surface area contributed by atoms with Gasteiger partial charge >= 0.3 is 6.18 Å². The van der Waals surface area contributed by atoms with E-state index in [2.05, 4.69) is 16.9 Å². The molecule has 4 nitrogen and oxygen atoms in total. The summed E-state index contributed by atoms with van der Waals surface area (Å²) in [7, 11) is 1.73. The molecule has 0 N–H and O–H groups in total. The van der Waals surface area contributed by atoms with E-state index in [1.807, 2.05) is 24.3 Å². The third kappa shape index (κ3) is 4.42. The van der Waals surface area contributed by atoms with Crippen LogP contribution in [-0.2, 0) is 12.6 Å². The number of para-hydroxylation sites is 2. The topological polar surface area (TPSA) is 38.2 Å². The highest BCUT2D eigenvalue weighted by Gasteiger charge is 2.36. The van der Waals surface area contributed by atoms with Crippen molar-refractivity contribution in [2.24, 2.45) is 0 Å². The highest BCUT2D eigenvalue weighted by Crippen LogP contribution is 2.38. The molecule has 0 unspecified atom stereocenters. The van der Waals surface area contributed by atoms with Crippen molar-refractivity contribution in [1.82, 2.24) is 9.97 Å². The Morgan fingerprint density at radius 1 is 1.00 bits per heavy atom. The van der Waals surface area contributed by atoms with Gasteiger partial charge in [-0.3, -0.25) is 0 Å². The van der Waals surface area contributed by atoms with Gasteiger partial charge in [0.25, 0.3) is 0 Å². The Bertz CT molecular complexity index is 930. The molecule has 2 aromatic carbocycles. The van der Waals surface area contributed by atoms with Crippen LogP contribution in [0.5, 0.6) is 11.6 Å². The third-order valence-corrected chi connectivity index (χ3v) is 4.18. The molecule has 0 saturated carbocycles. The fourth-order valence-electron chi connectivity index (χ4n) is 2.82. The molecule has 0 atom stereocenters. The van der Waals surface area contributed by atoms with Gasteiger partial charge in [0.05, 0.1) is 0 Å². The van der Waals surface area contributed by atoms with Crippen LogP contribution in [0.2, 0.25) is 0 Å². The van der Waals surface area contributed by atoms with Gasteiger partial charge < -0.3 is 9.64 Å². The first-order valence-electron chi connectivity index (χ1n) is 8.89. The van der Waals surface area contributed by atoms with Crippen molar-refractivity contribution < 1.29 is 17.9 Å². The van der Waals surface area contributed by atoms with Crippen LogP contribution >= 0.6 is 0 Å². The Morgan fingerprint density at radius 3 is 2.36 bits per heavy atom. The second kappa shape index (κ2) is 8.29. The van der Waals surface area contributed by atoms with E-state index < -0.39 is 17.6 Å². The fourth-order valence-corrected chi connectivity index (χ4v) is 2.82. The molecule has 0 fully saturated rings. The maximum atomic E-state index is 13.4. The van der Waals surface area contributed by atoms with Crippen LogP contribution in [0.3, 0.4) is 0 Å². The van der Waals surface area contributed by atoms with E-state index in [0.717, 1.165) is 30.3 Å². The lowest BCUT2D eigenvalue weighted by Crippen LogP contribution is -2.17. The average Bonchev–Trinajstić information content (AvgIpc) is 2.68. The van der Waals surface area contributed by atoms with Gasteiger partial charge in [-0.2, -0.15) is 18.2 Å². The number of rotatable bonds is 6. The summed E-state index contributed by atoms with van der Waals surface area (Å²) in [4.78, 5) is 9.69. The Hall–Kier alpha value is -3.09. The summed E-state index contributed by atoms with van der Waals surface area (Å²) in [5.41, 5.74) is 0.895. The molecule has 0 amide bonds. The maximum Gasteiger partial charge on any atom is 0.423 e. The molecule has 3 aromatic rings. The fraction of sp³-hybridized carbons (Fsp3) is 0.238. The summed E-state index contributed by atoms with van der Waals surface area (Å²) in [5, 5.41) is 0. The van der Waals surface area contributed by atoms with E-state index in [-0.39, 0.29) is 11.7 Å². The number of ether oxygens (including phenoxy) is 1. The van der Waals surface area contributed by atoms with Crippen LogP contribution in [0.1, 0.15) is 24.5 Å². The minimum absolute atomic E-state index is 0.127. The first-order chi connectivity index (χ1) is 13.4. The zero-order valence-corrected chi connectivity index (χ0v) is 15.6. The molecule has 146 valence electrons. The van der Waals surface area contributed by atoms with Gasteiger partial charge in [0.1, 0.15) is 11.3 Å². The van der Waals surface area contributed by atoms with Gasteiger partial charge in [0.2, 0.25) is 11.8 Å². The molecule has 1 aromatic heterocycles. The van der Waals surface area contributed by atoms with Gasteiger partial charge in [-0.15, -0.1) is 0 Å². The standard InChI is InChI=1S/C21H20F3N3O/c1-3-9-15-10-7-8-13-18(15)27(2)20-25-14-17(21(22,23)24)19(26-20)28-16-11-5-4-6-12-16/h4-8,10-14H,3,9H2,1-2H3. The predicted molar refractivity (Wildman–Crippen MR) is 102 cm³/mol. The van der Waals surface area contributed by atoms with E-state index in [9.17, 15) is 13.2 Å². The number of aryl methyl sites for hydroxylation is 1. The Labute approximate surface area is 161 Å². The van der Waals surface area contributed by atoms with Crippen LogP contribution in [0, 0.1) is 0 Å². The number of nitrogens with zero attached hydrogens (tertiary/aromatic N) is 3. The van der Waals surface area contributed by atoms with Crippen molar-refractivity contribution in [3.05, 3.63) is 71.9 Å². The van der Waals surface area contributed by atoms with Crippen molar-refractivity contribution >= 4 is 11.6 Å². The molecule has 0 aliphatic heterocycles. The van der Waals surface area contributed by atoms with Crippen LogP contribution < -0.4 is 9.64 Å². The van der Waals surface area contributed by atoms with Crippen molar-refractivity contribution in [3.63, 3.8) is 0 Å². The van der Waals surface area contributed by atoms with Crippen molar-refractivity contribution in [1.29, 1.82) is 0 Å². The molecule has 28 heavy (non-hydrogen) atoms. The number of halogens is 3. The molecule has 7 heteroatoms. The lowest BCUT2D eigenvalue weighted by atomic mass is 10.1. The molecule has 0 spiro atoms. The van der Waals surface area contributed by atoms with E-state index >= 15 is 0 Å². The van der Waals surface area contributed by atoms with Crippen molar-refractivity contribution in [3.8, 4) is 11.6 Å². The van der Waals surface area contributed by atoms with Crippen LogP contribution in [-0.4, -0.2) is 17.0 Å². The van der Waals surface area contributed by atoms with Gasteiger partial charge in [-0.05, 0) is 30.2 Å². The molecular formula is C21H20F3N3O. The smallest absolute Gasteiger partial charge is 0.423 e. The highest BCUT2D eigenvalue weighted by molar-refractivity contribution is 5.61. The molecule has 0 bridgehead atoms. The minimum atomic E-state index is -4.62. The largest absolute Gasteiger partial charge is 0.438 e. The maximum absolute atomic E-state index is 13.4. The number of hydrogen-bond donors (Lipinski definition) is 0. The molecular weight excluding hydrogens is 367 g/mol. The zero-order chi connectivity index (χ0) is 20.1. The summed E-state index contributed by atoms with van der Waals surface area (Å²) >= 11 is 0. The van der Waals surface area contributed by atoms with Gasteiger partial charge in [0.15, 0.2) is 0 Å².